The summed E-state index contributed by atoms with van der Waals surface area (Å²) < 4.78 is 12.5. The molecule has 6 heteroatoms. The van der Waals surface area contributed by atoms with Gasteiger partial charge in [0.1, 0.15) is 11.6 Å². The van der Waals surface area contributed by atoms with Crippen LogP contribution < -0.4 is 9.47 Å². The third kappa shape index (κ3) is 2.85. The monoisotopic (exact) mass is 313 g/mol. The van der Waals surface area contributed by atoms with Crippen molar-refractivity contribution in [2.24, 2.45) is 7.05 Å². The van der Waals surface area contributed by atoms with Crippen molar-refractivity contribution in [3.63, 3.8) is 0 Å². The lowest BCUT2D eigenvalue weighted by Crippen LogP contribution is -2.02. The second kappa shape index (κ2) is 6.26. The Kier molecular flexibility index (Phi) is 4.16. The SMILES string of the molecule is CCOc1cc([C@H](O)c2ccc3c(c2)nnn3C)ccc1OC. The van der Waals surface area contributed by atoms with E-state index in [4.69, 9.17) is 9.47 Å². The molecule has 0 aliphatic rings. The molecule has 3 aromatic rings. The van der Waals surface area contributed by atoms with E-state index in [1.165, 1.54) is 0 Å². The first-order valence-corrected chi connectivity index (χ1v) is 7.42. The van der Waals surface area contributed by atoms with Crippen molar-refractivity contribution in [1.29, 1.82) is 0 Å². The molecule has 0 radical (unpaired) electrons. The fraction of sp³-hybridized carbons (Fsp3) is 0.294. The molecule has 0 saturated carbocycles. The van der Waals surface area contributed by atoms with Crippen LogP contribution >= 0.6 is 0 Å². The number of rotatable bonds is 5. The molecule has 6 nitrogen and oxygen atoms in total. The van der Waals surface area contributed by atoms with Crippen LogP contribution in [0.4, 0.5) is 0 Å². The van der Waals surface area contributed by atoms with Gasteiger partial charge in [-0.15, -0.1) is 5.10 Å². The van der Waals surface area contributed by atoms with E-state index in [0.29, 0.717) is 18.1 Å². The molecular formula is C17H19N3O3. The molecule has 0 amide bonds. The first-order chi connectivity index (χ1) is 11.1. The van der Waals surface area contributed by atoms with E-state index in [2.05, 4.69) is 10.3 Å². The second-order valence-electron chi connectivity index (χ2n) is 5.21. The molecule has 0 aliphatic carbocycles. The van der Waals surface area contributed by atoms with E-state index in [1.807, 2.05) is 38.2 Å². The van der Waals surface area contributed by atoms with Gasteiger partial charge in [0.15, 0.2) is 11.5 Å². The van der Waals surface area contributed by atoms with Gasteiger partial charge in [-0.25, -0.2) is 4.68 Å². The number of aromatic nitrogens is 3. The largest absolute Gasteiger partial charge is 0.493 e. The van der Waals surface area contributed by atoms with Crippen LogP contribution in [-0.2, 0) is 7.05 Å². The number of methoxy groups -OCH3 is 1. The van der Waals surface area contributed by atoms with Gasteiger partial charge in [0.25, 0.3) is 0 Å². The number of aliphatic hydroxyl groups excluding tert-OH is 1. The summed E-state index contributed by atoms with van der Waals surface area (Å²) in [5, 5.41) is 18.7. The van der Waals surface area contributed by atoms with Crippen molar-refractivity contribution >= 4 is 11.0 Å². The zero-order valence-corrected chi connectivity index (χ0v) is 13.4. The van der Waals surface area contributed by atoms with Crippen LogP contribution in [0.15, 0.2) is 36.4 Å². The molecule has 1 aromatic heterocycles. The molecule has 23 heavy (non-hydrogen) atoms. The van der Waals surface area contributed by atoms with Gasteiger partial charge in [-0.1, -0.05) is 17.3 Å². The van der Waals surface area contributed by atoms with Gasteiger partial charge in [0.05, 0.1) is 19.2 Å². The lowest BCUT2D eigenvalue weighted by molar-refractivity contribution is 0.219. The number of benzene rings is 2. The summed E-state index contributed by atoms with van der Waals surface area (Å²) in [5.74, 6) is 1.26. The maximum Gasteiger partial charge on any atom is 0.161 e. The van der Waals surface area contributed by atoms with Gasteiger partial charge in [-0.3, -0.25) is 0 Å². The Morgan fingerprint density at radius 1 is 1.13 bits per heavy atom. The van der Waals surface area contributed by atoms with E-state index >= 15 is 0 Å². The Bertz CT molecular complexity index is 829. The fourth-order valence-corrected chi connectivity index (χ4v) is 2.55. The minimum atomic E-state index is -0.772. The number of nitrogens with zero attached hydrogens (tertiary/aromatic N) is 3. The van der Waals surface area contributed by atoms with Crippen molar-refractivity contribution < 1.29 is 14.6 Å². The summed E-state index contributed by atoms with van der Waals surface area (Å²) >= 11 is 0. The smallest absolute Gasteiger partial charge is 0.161 e. The lowest BCUT2D eigenvalue weighted by atomic mass is 10.0. The number of aliphatic hydroxyl groups is 1. The van der Waals surface area contributed by atoms with E-state index in [0.717, 1.165) is 22.2 Å². The van der Waals surface area contributed by atoms with Crippen molar-refractivity contribution in [1.82, 2.24) is 15.0 Å². The summed E-state index contributed by atoms with van der Waals surface area (Å²) in [6.45, 7) is 2.44. The van der Waals surface area contributed by atoms with Crippen LogP contribution in [0.2, 0.25) is 0 Å². The highest BCUT2D eigenvalue weighted by molar-refractivity contribution is 5.75. The number of hydrogen-bond donors (Lipinski definition) is 1. The Labute approximate surface area is 134 Å². The minimum absolute atomic E-state index is 0.529. The second-order valence-corrected chi connectivity index (χ2v) is 5.21. The minimum Gasteiger partial charge on any atom is -0.493 e. The van der Waals surface area contributed by atoms with Crippen molar-refractivity contribution in [2.45, 2.75) is 13.0 Å². The molecule has 1 heterocycles. The summed E-state index contributed by atoms with van der Waals surface area (Å²) in [6, 6.07) is 11.0. The highest BCUT2D eigenvalue weighted by atomic mass is 16.5. The predicted molar refractivity (Wildman–Crippen MR) is 86.7 cm³/mol. The molecule has 1 N–H and O–H groups in total. The van der Waals surface area contributed by atoms with Gasteiger partial charge < -0.3 is 14.6 Å². The molecule has 0 bridgehead atoms. The molecule has 2 aromatic carbocycles. The topological polar surface area (TPSA) is 69.4 Å². The van der Waals surface area contributed by atoms with Gasteiger partial charge in [0, 0.05) is 7.05 Å². The molecule has 0 spiro atoms. The Morgan fingerprint density at radius 2 is 1.87 bits per heavy atom. The van der Waals surface area contributed by atoms with Crippen molar-refractivity contribution in [2.75, 3.05) is 13.7 Å². The summed E-state index contributed by atoms with van der Waals surface area (Å²) in [5.41, 5.74) is 3.16. The number of aryl methyl sites for hydroxylation is 1. The normalized spacial score (nSPS) is 12.3. The quantitative estimate of drug-likeness (QED) is 0.783. The summed E-state index contributed by atoms with van der Waals surface area (Å²) in [4.78, 5) is 0. The van der Waals surface area contributed by atoms with Crippen LogP contribution in [0.3, 0.4) is 0 Å². The molecule has 3 rings (SSSR count). The Balaban J connectivity index is 1.97. The maximum absolute atomic E-state index is 10.7. The zero-order chi connectivity index (χ0) is 16.4. The van der Waals surface area contributed by atoms with Crippen molar-refractivity contribution in [3.05, 3.63) is 47.5 Å². The standard InChI is InChI=1S/C17H19N3O3/c1-4-23-16-10-12(6-8-15(16)22-3)17(21)11-5-7-14-13(9-11)18-19-20(14)2/h5-10,17,21H,4H2,1-3H3/t17-/m1/s1. The molecule has 1 atom stereocenters. The molecule has 0 aliphatic heterocycles. The van der Waals surface area contributed by atoms with Crippen molar-refractivity contribution in [3.8, 4) is 11.5 Å². The Morgan fingerprint density at radius 3 is 2.61 bits per heavy atom. The van der Waals surface area contributed by atoms with Crippen LogP contribution in [0.5, 0.6) is 11.5 Å². The van der Waals surface area contributed by atoms with Gasteiger partial charge >= 0.3 is 0 Å². The van der Waals surface area contributed by atoms with Crippen LogP contribution in [0, 0.1) is 0 Å². The highest BCUT2D eigenvalue weighted by Crippen LogP contribution is 2.33. The van der Waals surface area contributed by atoms with Crippen LogP contribution in [0.25, 0.3) is 11.0 Å². The van der Waals surface area contributed by atoms with Gasteiger partial charge in [-0.2, -0.15) is 0 Å². The summed E-state index contributed by atoms with van der Waals surface area (Å²) in [7, 11) is 3.43. The molecule has 0 unspecified atom stereocenters. The first kappa shape index (κ1) is 15.3. The predicted octanol–water partition coefficient (Wildman–Crippen LogP) is 2.46. The number of ether oxygens (including phenoxy) is 2. The third-order valence-corrected chi connectivity index (χ3v) is 3.75. The fourth-order valence-electron chi connectivity index (χ4n) is 2.55. The Hall–Kier alpha value is -2.60. The van der Waals surface area contributed by atoms with E-state index in [-0.39, 0.29) is 0 Å². The lowest BCUT2D eigenvalue weighted by Gasteiger charge is -2.15. The van der Waals surface area contributed by atoms with E-state index < -0.39 is 6.10 Å². The molecular weight excluding hydrogens is 294 g/mol. The third-order valence-electron chi connectivity index (χ3n) is 3.75. The molecule has 0 saturated heterocycles. The van der Waals surface area contributed by atoms with E-state index in [9.17, 15) is 5.11 Å². The van der Waals surface area contributed by atoms with Crippen LogP contribution in [-0.4, -0.2) is 33.8 Å². The average molecular weight is 313 g/mol. The van der Waals surface area contributed by atoms with Crippen LogP contribution in [0.1, 0.15) is 24.2 Å². The van der Waals surface area contributed by atoms with Gasteiger partial charge in [-0.05, 0) is 42.3 Å². The van der Waals surface area contributed by atoms with Gasteiger partial charge in [0.2, 0.25) is 0 Å². The molecule has 120 valence electrons. The molecule has 0 fully saturated rings. The summed E-state index contributed by atoms with van der Waals surface area (Å²) in [6.07, 6.45) is -0.772. The number of fused-ring (bicyclic) bond motifs is 1. The van der Waals surface area contributed by atoms with E-state index in [1.54, 1.807) is 23.9 Å². The maximum atomic E-state index is 10.7. The first-order valence-electron chi connectivity index (χ1n) is 7.42. The zero-order valence-electron chi connectivity index (χ0n) is 13.4. The number of hydrogen-bond acceptors (Lipinski definition) is 5. The average Bonchev–Trinajstić information content (AvgIpc) is 2.95. The highest BCUT2D eigenvalue weighted by Gasteiger charge is 2.15.